The first-order valence-corrected chi connectivity index (χ1v) is 8.53. The second-order valence-electron chi connectivity index (χ2n) is 5.99. The topological polar surface area (TPSA) is 63.0 Å². The van der Waals surface area contributed by atoms with E-state index in [-0.39, 0.29) is 16.9 Å². The molecule has 4 rings (SSSR count). The van der Waals surface area contributed by atoms with Crippen molar-refractivity contribution >= 4 is 28.6 Å². The Morgan fingerprint density at radius 1 is 1.11 bits per heavy atom. The summed E-state index contributed by atoms with van der Waals surface area (Å²) in [5, 5.41) is 12.4. The predicted octanol–water partition coefficient (Wildman–Crippen LogP) is 4.34. The first kappa shape index (κ1) is 18.0. The summed E-state index contributed by atoms with van der Waals surface area (Å²) in [7, 11) is 0. The van der Waals surface area contributed by atoms with E-state index in [4.69, 9.17) is 0 Å². The molecule has 2 aromatic heterocycles. The van der Waals surface area contributed by atoms with Gasteiger partial charge in [-0.05, 0) is 30.3 Å². The third-order valence-corrected chi connectivity index (χ3v) is 4.86. The Kier molecular flexibility index (Phi) is 3.86. The summed E-state index contributed by atoms with van der Waals surface area (Å²) in [6, 6.07) is 6.20. The average molecular weight is 402 g/mol. The van der Waals surface area contributed by atoms with Crippen molar-refractivity contribution in [2.75, 3.05) is 5.32 Å². The van der Waals surface area contributed by atoms with Crippen LogP contribution in [0.5, 0.6) is 0 Å². The highest BCUT2D eigenvalue weighted by Crippen LogP contribution is 2.40. The lowest BCUT2D eigenvalue weighted by Crippen LogP contribution is -2.16. The Hall–Kier alpha value is -2.40. The summed E-state index contributed by atoms with van der Waals surface area (Å²) in [5.41, 5.74) is -1.73. The van der Waals surface area contributed by atoms with E-state index < -0.39 is 29.2 Å². The van der Waals surface area contributed by atoms with Gasteiger partial charge in [0.05, 0.1) is 11.4 Å². The minimum Gasteiger partial charge on any atom is -0.364 e. The van der Waals surface area contributed by atoms with Gasteiger partial charge >= 0.3 is 12.1 Å². The number of thioether (sulfide) groups is 1. The lowest BCUT2D eigenvalue weighted by molar-refractivity contribution is -0.141. The quantitative estimate of drug-likeness (QED) is 0.625. The van der Waals surface area contributed by atoms with Gasteiger partial charge in [-0.2, -0.15) is 22.0 Å². The second kappa shape index (κ2) is 5.80. The summed E-state index contributed by atoms with van der Waals surface area (Å²) < 4.78 is 68.3. The molecule has 11 heteroatoms. The van der Waals surface area contributed by atoms with Crippen molar-refractivity contribution < 1.29 is 27.1 Å². The predicted molar refractivity (Wildman–Crippen MR) is 88.9 cm³/mol. The van der Waals surface area contributed by atoms with Gasteiger partial charge in [-0.1, -0.05) is 11.8 Å². The highest BCUT2D eigenvalue weighted by molar-refractivity contribution is 8.00. The molecule has 0 amide bonds. The standard InChI is InChI=1S/C16H11F5N4OS/c1-15(17,18)13-22-9-4-5-11(16(19,20)21)24-12(9)25(13)7-2-3-8-10(6-7)27-14(26)23-8/h2-6,14,23,26H,1H3. The van der Waals surface area contributed by atoms with Crippen LogP contribution in [0.2, 0.25) is 0 Å². The smallest absolute Gasteiger partial charge is 0.364 e. The van der Waals surface area contributed by atoms with Gasteiger partial charge < -0.3 is 10.4 Å². The van der Waals surface area contributed by atoms with Crippen molar-refractivity contribution in [1.29, 1.82) is 0 Å². The van der Waals surface area contributed by atoms with Crippen LogP contribution in [0, 0.1) is 0 Å². The fourth-order valence-corrected chi connectivity index (χ4v) is 3.67. The molecule has 0 bridgehead atoms. The van der Waals surface area contributed by atoms with E-state index in [1.165, 1.54) is 12.1 Å². The summed E-state index contributed by atoms with van der Waals surface area (Å²) in [4.78, 5) is 7.91. The van der Waals surface area contributed by atoms with Gasteiger partial charge in [-0.15, -0.1) is 0 Å². The number of aliphatic hydroxyl groups excluding tert-OH is 1. The van der Waals surface area contributed by atoms with E-state index in [2.05, 4.69) is 15.3 Å². The van der Waals surface area contributed by atoms with Crippen molar-refractivity contribution in [3.8, 4) is 5.69 Å². The number of fused-ring (bicyclic) bond motifs is 2. The number of halogens is 5. The van der Waals surface area contributed by atoms with Crippen LogP contribution < -0.4 is 5.32 Å². The van der Waals surface area contributed by atoms with Gasteiger partial charge in [0.2, 0.25) is 0 Å². The molecule has 142 valence electrons. The monoisotopic (exact) mass is 402 g/mol. The minimum absolute atomic E-state index is 0.0779. The molecule has 3 aromatic rings. The zero-order chi connectivity index (χ0) is 19.6. The van der Waals surface area contributed by atoms with Crippen molar-refractivity contribution in [1.82, 2.24) is 14.5 Å². The number of nitrogens with zero attached hydrogens (tertiary/aromatic N) is 3. The lowest BCUT2D eigenvalue weighted by atomic mass is 10.2. The third kappa shape index (κ3) is 3.10. The molecule has 0 fully saturated rings. The van der Waals surface area contributed by atoms with E-state index in [1.54, 1.807) is 6.07 Å². The Labute approximate surface area is 153 Å². The maximum absolute atomic E-state index is 14.1. The number of anilines is 1. The Morgan fingerprint density at radius 3 is 2.52 bits per heavy atom. The molecule has 27 heavy (non-hydrogen) atoms. The number of alkyl halides is 5. The van der Waals surface area contributed by atoms with Crippen molar-refractivity contribution in [2.45, 2.75) is 29.5 Å². The highest BCUT2D eigenvalue weighted by atomic mass is 32.2. The van der Waals surface area contributed by atoms with E-state index in [0.29, 0.717) is 23.6 Å². The number of hydrogen-bond donors (Lipinski definition) is 2. The molecule has 5 nitrogen and oxygen atoms in total. The van der Waals surface area contributed by atoms with Crippen LogP contribution in [-0.2, 0) is 12.1 Å². The van der Waals surface area contributed by atoms with Crippen molar-refractivity contribution in [3.63, 3.8) is 0 Å². The third-order valence-electron chi connectivity index (χ3n) is 3.93. The summed E-state index contributed by atoms with van der Waals surface area (Å²) in [6.07, 6.45) is -4.72. The summed E-state index contributed by atoms with van der Waals surface area (Å²) in [6.45, 7) is 0.614. The zero-order valence-corrected chi connectivity index (χ0v) is 14.4. The van der Waals surface area contributed by atoms with Crippen LogP contribution >= 0.6 is 11.8 Å². The van der Waals surface area contributed by atoms with Crippen LogP contribution in [-0.4, -0.2) is 25.2 Å². The number of pyridine rings is 1. The molecule has 0 radical (unpaired) electrons. The van der Waals surface area contributed by atoms with Gasteiger partial charge in [0.1, 0.15) is 11.2 Å². The number of aliphatic hydroxyl groups is 1. The van der Waals surface area contributed by atoms with Gasteiger partial charge in [0.15, 0.2) is 17.0 Å². The molecule has 0 spiro atoms. The first-order valence-electron chi connectivity index (χ1n) is 7.65. The van der Waals surface area contributed by atoms with Crippen LogP contribution in [0.15, 0.2) is 35.2 Å². The zero-order valence-electron chi connectivity index (χ0n) is 13.6. The van der Waals surface area contributed by atoms with Gasteiger partial charge in [0, 0.05) is 11.8 Å². The molecule has 2 N–H and O–H groups in total. The number of nitrogens with one attached hydrogen (secondary N) is 1. The van der Waals surface area contributed by atoms with E-state index in [0.717, 1.165) is 22.4 Å². The first-order chi connectivity index (χ1) is 12.5. The molecule has 1 aliphatic rings. The SMILES string of the molecule is CC(F)(F)c1nc2ccc(C(F)(F)F)nc2n1-c1ccc2c(c1)SC(O)N2. The van der Waals surface area contributed by atoms with Gasteiger partial charge in [-0.3, -0.25) is 4.57 Å². The molecule has 3 heterocycles. The maximum atomic E-state index is 14.1. The minimum atomic E-state index is -4.72. The molecular formula is C16H11F5N4OS. The van der Waals surface area contributed by atoms with Crippen LogP contribution in [0.3, 0.4) is 0 Å². The molecule has 0 aliphatic carbocycles. The van der Waals surface area contributed by atoms with E-state index in [9.17, 15) is 27.1 Å². The number of imidazole rings is 1. The molecule has 1 aromatic carbocycles. The van der Waals surface area contributed by atoms with E-state index >= 15 is 0 Å². The molecular weight excluding hydrogens is 391 g/mol. The highest BCUT2D eigenvalue weighted by Gasteiger charge is 2.36. The lowest BCUT2D eigenvalue weighted by Gasteiger charge is -2.14. The summed E-state index contributed by atoms with van der Waals surface area (Å²) in [5.74, 6) is -4.14. The summed E-state index contributed by atoms with van der Waals surface area (Å²) >= 11 is 1.05. The Bertz CT molecular complexity index is 1040. The van der Waals surface area contributed by atoms with Crippen molar-refractivity contribution in [2.24, 2.45) is 0 Å². The molecule has 1 aliphatic heterocycles. The second-order valence-corrected chi connectivity index (χ2v) is 7.11. The number of hydrogen-bond acceptors (Lipinski definition) is 5. The Balaban J connectivity index is 1.98. The Morgan fingerprint density at radius 2 is 1.85 bits per heavy atom. The largest absolute Gasteiger partial charge is 0.433 e. The molecule has 0 saturated heterocycles. The molecule has 1 atom stereocenters. The van der Waals surface area contributed by atoms with Crippen LogP contribution in [0.4, 0.5) is 27.6 Å². The number of aromatic nitrogens is 3. The molecule has 1 unspecified atom stereocenters. The fourth-order valence-electron chi connectivity index (χ4n) is 2.80. The van der Waals surface area contributed by atoms with Gasteiger partial charge in [-0.25, -0.2) is 9.97 Å². The average Bonchev–Trinajstić information content (AvgIpc) is 3.11. The van der Waals surface area contributed by atoms with E-state index in [1.807, 2.05) is 0 Å². The number of benzene rings is 1. The van der Waals surface area contributed by atoms with Crippen molar-refractivity contribution in [3.05, 3.63) is 41.9 Å². The van der Waals surface area contributed by atoms with Crippen LogP contribution in [0.1, 0.15) is 18.4 Å². The molecule has 0 saturated carbocycles. The van der Waals surface area contributed by atoms with Gasteiger partial charge in [0.25, 0.3) is 0 Å². The normalized spacial score (nSPS) is 17.2. The fraction of sp³-hybridized carbons (Fsp3) is 0.250. The maximum Gasteiger partial charge on any atom is 0.433 e. The number of rotatable bonds is 2. The van der Waals surface area contributed by atoms with Crippen LogP contribution in [0.25, 0.3) is 16.9 Å².